The number of rotatable bonds is 3. The highest BCUT2D eigenvalue weighted by Gasteiger charge is 2.09. The molecule has 1 amide bonds. The first-order valence-electron chi connectivity index (χ1n) is 5.35. The van der Waals surface area contributed by atoms with E-state index in [9.17, 15) is 14.7 Å². The fourth-order valence-corrected chi connectivity index (χ4v) is 1.51. The summed E-state index contributed by atoms with van der Waals surface area (Å²) in [6.45, 7) is 0. The van der Waals surface area contributed by atoms with Crippen molar-refractivity contribution in [3.63, 3.8) is 0 Å². The van der Waals surface area contributed by atoms with Crippen molar-refractivity contribution in [1.82, 2.24) is 0 Å². The highest BCUT2D eigenvalue weighted by Crippen LogP contribution is 2.17. The number of carbonyl (C=O) groups excluding carboxylic acids is 2. The van der Waals surface area contributed by atoms with Gasteiger partial charge in [-0.3, -0.25) is 9.59 Å². The topological polar surface area (TPSA) is 66.4 Å². The Morgan fingerprint density at radius 3 is 2.33 bits per heavy atom. The Morgan fingerprint density at radius 2 is 1.72 bits per heavy atom. The standard InChI is InChI=1S/C14H11NO3/c16-9-10-5-7-11(8-6-10)15-14(18)12-3-1-2-4-13(12)17/h1-9,17H,(H,15,18). The first-order chi connectivity index (χ1) is 8.70. The molecule has 0 fully saturated rings. The zero-order chi connectivity index (χ0) is 13.0. The van der Waals surface area contributed by atoms with Gasteiger partial charge in [0.1, 0.15) is 12.0 Å². The molecule has 0 bridgehead atoms. The third-order valence-electron chi connectivity index (χ3n) is 2.45. The van der Waals surface area contributed by atoms with Crippen LogP contribution in [0.3, 0.4) is 0 Å². The van der Waals surface area contributed by atoms with Crippen molar-refractivity contribution in [2.24, 2.45) is 0 Å². The molecule has 0 aromatic heterocycles. The lowest BCUT2D eigenvalue weighted by atomic mass is 10.1. The van der Waals surface area contributed by atoms with Crippen LogP contribution in [0.5, 0.6) is 5.75 Å². The number of aromatic hydroxyl groups is 1. The highest BCUT2D eigenvalue weighted by molar-refractivity contribution is 6.06. The molecule has 4 heteroatoms. The molecule has 0 aliphatic rings. The highest BCUT2D eigenvalue weighted by atomic mass is 16.3. The summed E-state index contributed by atoms with van der Waals surface area (Å²) in [6, 6.07) is 12.8. The van der Waals surface area contributed by atoms with E-state index in [1.165, 1.54) is 12.1 Å². The number of phenolic OH excluding ortho intramolecular Hbond substituents is 1. The number of nitrogens with one attached hydrogen (secondary N) is 1. The fraction of sp³-hybridized carbons (Fsp3) is 0. The van der Waals surface area contributed by atoms with E-state index in [4.69, 9.17) is 0 Å². The van der Waals surface area contributed by atoms with E-state index in [0.29, 0.717) is 11.3 Å². The molecular formula is C14H11NO3. The van der Waals surface area contributed by atoms with Crippen molar-refractivity contribution < 1.29 is 14.7 Å². The van der Waals surface area contributed by atoms with Gasteiger partial charge in [-0.05, 0) is 36.4 Å². The second-order valence-electron chi connectivity index (χ2n) is 3.71. The monoisotopic (exact) mass is 241 g/mol. The predicted octanol–water partition coefficient (Wildman–Crippen LogP) is 2.46. The van der Waals surface area contributed by atoms with Gasteiger partial charge in [0.15, 0.2) is 0 Å². The lowest BCUT2D eigenvalue weighted by Gasteiger charge is -2.06. The van der Waals surface area contributed by atoms with Crippen LogP contribution in [-0.2, 0) is 0 Å². The van der Waals surface area contributed by atoms with Crippen LogP contribution in [0.4, 0.5) is 5.69 Å². The third kappa shape index (κ3) is 2.55. The summed E-state index contributed by atoms with van der Waals surface area (Å²) >= 11 is 0. The Morgan fingerprint density at radius 1 is 1.06 bits per heavy atom. The largest absolute Gasteiger partial charge is 0.507 e. The normalized spacial score (nSPS) is 9.78. The molecule has 2 N–H and O–H groups in total. The van der Waals surface area contributed by atoms with Gasteiger partial charge in [0, 0.05) is 11.3 Å². The first kappa shape index (κ1) is 11.9. The lowest BCUT2D eigenvalue weighted by Crippen LogP contribution is -2.11. The van der Waals surface area contributed by atoms with Crippen LogP contribution in [0.2, 0.25) is 0 Å². The maximum absolute atomic E-state index is 11.8. The lowest BCUT2D eigenvalue weighted by molar-refractivity contribution is 0.102. The van der Waals surface area contributed by atoms with E-state index < -0.39 is 5.91 Å². The summed E-state index contributed by atoms with van der Waals surface area (Å²) in [5.74, 6) is -0.466. The number of phenols is 1. The molecule has 0 spiro atoms. The van der Waals surface area contributed by atoms with Crippen LogP contribution in [0.15, 0.2) is 48.5 Å². The van der Waals surface area contributed by atoms with Gasteiger partial charge >= 0.3 is 0 Å². The summed E-state index contributed by atoms with van der Waals surface area (Å²) in [5, 5.41) is 12.2. The molecule has 0 saturated carbocycles. The van der Waals surface area contributed by atoms with Gasteiger partial charge in [0.2, 0.25) is 0 Å². The van der Waals surface area contributed by atoms with Gasteiger partial charge in [0.25, 0.3) is 5.91 Å². The van der Waals surface area contributed by atoms with Crippen LogP contribution in [0, 0.1) is 0 Å². The van der Waals surface area contributed by atoms with E-state index >= 15 is 0 Å². The van der Waals surface area contributed by atoms with Gasteiger partial charge in [-0.15, -0.1) is 0 Å². The van der Waals surface area contributed by atoms with Gasteiger partial charge in [-0.1, -0.05) is 12.1 Å². The van der Waals surface area contributed by atoms with Gasteiger partial charge in [0.05, 0.1) is 5.56 Å². The molecule has 4 nitrogen and oxygen atoms in total. The summed E-state index contributed by atoms with van der Waals surface area (Å²) in [5.41, 5.74) is 1.31. The Hall–Kier alpha value is -2.62. The Bertz CT molecular complexity index is 576. The minimum Gasteiger partial charge on any atom is -0.507 e. The third-order valence-corrected chi connectivity index (χ3v) is 2.45. The molecule has 0 saturated heterocycles. The minimum absolute atomic E-state index is 0.0699. The van der Waals surface area contributed by atoms with Crippen molar-refractivity contribution in [1.29, 1.82) is 0 Å². The van der Waals surface area contributed by atoms with Crippen LogP contribution in [0.1, 0.15) is 20.7 Å². The number of aldehydes is 1. The fourth-order valence-electron chi connectivity index (χ4n) is 1.51. The molecule has 18 heavy (non-hydrogen) atoms. The number of benzene rings is 2. The molecule has 2 rings (SSSR count). The van der Waals surface area contributed by atoms with Crippen molar-refractivity contribution in [3.05, 3.63) is 59.7 Å². The van der Waals surface area contributed by atoms with Crippen LogP contribution < -0.4 is 5.32 Å². The molecule has 0 unspecified atom stereocenters. The zero-order valence-electron chi connectivity index (χ0n) is 9.46. The number of hydrogen-bond donors (Lipinski definition) is 2. The quantitative estimate of drug-likeness (QED) is 0.811. The van der Waals surface area contributed by atoms with E-state index in [1.54, 1.807) is 36.4 Å². The average molecular weight is 241 g/mol. The van der Waals surface area contributed by atoms with Crippen LogP contribution in [0.25, 0.3) is 0 Å². The number of hydrogen-bond acceptors (Lipinski definition) is 3. The maximum atomic E-state index is 11.8. The van der Waals surface area contributed by atoms with Crippen molar-refractivity contribution >= 4 is 17.9 Å². The van der Waals surface area contributed by atoms with Crippen molar-refractivity contribution in [2.45, 2.75) is 0 Å². The van der Waals surface area contributed by atoms with E-state index in [0.717, 1.165) is 6.29 Å². The zero-order valence-corrected chi connectivity index (χ0v) is 9.46. The first-order valence-corrected chi connectivity index (χ1v) is 5.35. The number of carbonyl (C=O) groups is 2. The maximum Gasteiger partial charge on any atom is 0.259 e. The molecule has 0 aliphatic carbocycles. The molecular weight excluding hydrogens is 230 g/mol. The second kappa shape index (κ2) is 5.14. The number of amides is 1. The molecule has 0 atom stereocenters. The van der Waals surface area contributed by atoms with Crippen molar-refractivity contribution in [3.8, 4) is 5.75 Å². The minimum atomic E-state index is -0.396. The molecule has 0 heterocycles. The van der Waals surface area contributed by atoms with Crippen LogP contribution >= 0.6 is 0 Å². The molecule has 2 aromatic rings. The molecule has 0 radical (unpaired) electrons. The molecule has 90 valence electrons. The Kier molecular flexibility index (Phi) is 3.38. The summed E-state index contributed by atoms with van der Waals surface area (Å²) in [4.78, 5) is 22.3. The van der Waals surface area contributed by atoms with Gasteiger partial charge < -0.3 is 10.4 Å². The van der Waals surface area contributed by atoms with E-state index in [1.807, 2.05) is 0 Å². The molecule has 2 aromatic carbocycles. The SMILES string of the molecule is O=Cc1ccc(NC(=O)c2ccccc2O)cc1. The summed E-state index contributed by atoms with van der Waals surface area (Å²) in [6.07, 6.45) is 0.731. The Labute approximate surface area is 104 Å². The summed E-state index contributed by atoms with van der Waals surface area (Å²) in [7, 11) is 0. The van der Waals surface area contributed by atoms with Crippen LogP contribution in [-0.4, -0.2) is 17.3 Å². The Balaban J connectivity index is 2.16. The number of anilines is 1. The summed E-state index contributed by atoms with van der Waals surface area (Å²) < 4.78 is 0. The van der Waals surface area contributed by atoms with E-state index in [-0.39, 0.29) is 11.3 Å². The average Bonchev–Trinajstić information content (AvgIpc) is 2.40. The second-order valence-corrected chi connectivity index (χ2v) is 3.71. The number of para-hydroxylation sites is 1. The van der Waals surface area contributed by atoms with Crippen molar-refractivity contribution in [2.75, 3.05) is 5.32 Å². The van der Waals surface area contributed by atoms with E-state index in [2.05, 4.69) is 5.32 Å². The predicted molar refractivity (Wildman–Crippen MR) is 67.9 cm³/mol. The van der Waals surface area contributed by atoms with Gasteiger partial charge in [-0.25, -0.2) is 0 Å². The molecule has 0 aliphatic heterocycles. The van der Waals surface area contributed by atoms with Gasteiger partial charge in [-0.2, -0.15) is 0 Å². The smallest absolute Gasteiger partial charge is 0.259 e.